The highest BCUT2D eigenvalue weighted by Crippen LogP contribution is 2.00. The van der Waals surface area contributed by atoms with Gasteiger partial charge in [-0.25, -0.2) is 4.79 Å². The molecule has 5 heteroatoms. The van der Waals surface area contributed by atoms with Crippen LogP contribution in [0.1, 0.15) is 33.1 Å². The number of hydrogen-bond donors (Lipinski definition) is 2. The third kappa shape index (κ3) is 6.90. The lowest BCUT2D eigenvalue weighted by atomic mass is 10.1. The summed E-state index contributed by atoms with van der Waals surface area (Å²) in [6.45, 7) is 4.12. The highest BCUT2D eigenvalue weighted by molar-refractivity contribution is 5.84. The number of nitrogens with one attached hydrogen (secondary N) is 1. The molecule has 0 unspecified atom stereocenters. The SMILES string of the molecule is CCCC[C@H](NC(=O)COCC)C(=O)O. The number of carboxylic acids is 1. The van der Waals surface area contributed by atoms with Crippen molar-refractivity contribution in [1.29, 1.82) is 0 Å². The van der Waals surface area contributed by atoms with Gasteiger partial charge >= 0.3 is 5.97 Å². The first-order chi connectivity index (χ1) is 7.11. The van der Waals surface area contributed by atoms with E-state index >= 15 is 0 Å². The molecule has 0 aromatic heterocycles. The maximum atomic E-state index is 11.2. The number of aliphatic carboxylic acids is 1. The summed E-state index contributed by atoms with van der Waals surface area (Å²) in [7, 11) is 0. The van der Waals surface area contributed by atoms with Crippen LogP contribution in [0.3, 0.4) is 0 Å². The maximum absolute atomic E-state index is 11.2. The number of rotatable bonds is 8. The highest BCUT2D eigenvalue weighted by atomic mass is 16.5. The second kappa shape index (κ2) is 8.23. The van der Waals surface area contributed by atoms with Crippen molar-refractivity contribution >= 4 is 11.9 Å². The quantitative estimate of drug-likeness (QED) is 0.630. The topological polar surface area (TPSA) is 75.6 Å². The van der Waals surface area contributed by atoms with Crippen LogP contribution in [0.15, 0.2) is 0 Å². The Morgan fingerprint density at radius 3 is 2.53 bits per heavy atom. The van der Waals surface area contributed by atoms with Crippen LogP contribution >= 0.6 is 0 Å². The molecule has 0 fully saturated rings. The molecule has 0 aliphatic rings. The zero-order chi connectivity index (χ0) is 11.7. The van der Waals surface area contributed by atoms with E-state index in [-0.39, 0.29) is 12.5 Å². The van der Waals surface area contributed by atoms with E-state index in [0.717, 1.165) is 12.8 Å². The van der Waals surface area contributed by atoms with Crippen LogP contribution in [0.25, 0.3) is 0 Å². The summed E-state index contributed by atoms with van der Waals surface area (Å²) in [6.07, 6.45) is 2.15. The molecule has 1 atom stereocenters. The van der Waals surface area contributed by atoms with Crippen molar-refractivity contribution in [3.8, 4) is 0 Å². The Hall–Kier alpha value is -1.10. The molecule has 0 bridgehead atoms. The molecule has 15 heavy (non-hydrogen) atoms. The van der Waals surface area contributed by atoms with Gasteiger partial charge in [-0.3, -0.25) is 4.79 Å². The lowest BCUT2D eigenvalue weighted by Gasteiger charge is -2.13. The second-order valence-electron chi connectivity index (χ2n) is 3.24. The Bertz CT molecular complexity index is 206. The number of carbonyl (C=O) groups is 2. The Balaban J connectivity index is 3.93. The number of carbonyl (C=O) groups excluding carboxylic acids is 1. The molecule has 0 aromatic carbocycles. The normalized spacial score (nSPS) is 12.1. The molecule has 0 aliphatic heterocycles. The Morgan fingerprint density at radius 2 is 2.07 bits per heavy atom. The van der Waals surface area contributed by atoms with E-state index in [1.54, 1.807) is 6.92 Å². The van der Waals surface area contributed by atoms with E-state index in [9.17, 15) is 9.59 Å². The number of hydrogen-bond acceptors (Lipinski definition) is 3. The summed E-state index contributed by atoms with van der Waals surface area (Å²) in [5, 5.41) is 11.2. The first-order valence-electron chi connectivity index (χ1n) is 5.21. The van der Waals surface area contributed by atoms with Gasteiger partial charge in [-0.05, 0) is 13.3 Å². The molecule has 0 aromatic rings. The van der Waals surface area contributed by atoms with Crippen molar-refractivity contribution in [2.45, 2.75) is 39.2 Å². The van der Waals surface area contributed by atoms with Gasteiger partial charge in [0.25, 0.3) is 0 Å². The van der Waals surface area contributed by atoms with Gasteiger partial charge in [-0.2, -0.15) is 0 Å². The molecule has 0 heterocycles. The van der Waals surface area contributed by atoms with Crippen LogP contribution in [-0.4, -0.2) is 36.2 Å². The van der Waals surface area contributed by atoms with E-state index in [4.69, 9.17) is 9.84 Å². The Morgan fingerprint density at radius 1 is 1.40 bits per heavy atom. The van der Waals surface area contributed by atoms with Crippen LogP contribution in [-0.2, 0) is 14.3 Å². The summed E-state index contributed by atoms with van der Waals surface area (Å²) in [5.41, 5.74) is 0. The molecule has 2 N–H and O–H groups in total. The molecular formula is C10H19NO4. The summed E-state index contributed by atoms with van der Waals surface area (Å²) >= 11 is 0. The van der Waals surface area contributed by atoms with Gasteiger partial charge in [0.05, 0.1) is 0 Å². The van der Waals surface area contributed by atoms with Gasteiger partial charge in [0.2, 0.25) is 5.91 Å². The molecule has 5 nitrogen and oxygen atoms in total. The van der Waals surface area contributed by atoms with E-state index < -0.39 is 12.0 Å². The molecule has 0 spiro atoms. The third-order valence-electron chi connectivity index (χ3n) is 1.92. The standard InChI is InChI=1S/C10H19NO4/c1-3-5-6-8(10(13)14)11-9(12)7-15-4-2/h8H,3-7H2,1-2H3,(H,11,12)(H,13,14)/t8-/m0/s1. The fourth-order valence-corrected chi connectivity index (χ4v) is 1.10. The first-order valence-corrected chi connectivity index (χ1v) is 5.21. The van der Waals surface area contributed by atoms with Gasteiger partial charge in [0.1, 0.15) is 12.6 Å². The van der Waals surface area contributed by atoms with Crippen LogP contribution in [0.4, 0.5) is 0 Å². The van der Waals surface area contributed by atoms with E-state index in [1.165, 1.54) is 0 Å². The Kier molecular flexibility index (Phi) is 7.62. The van der Waals surface area contributed by atoms with Gasteiger partial charge in [0.15, 0.2) is 0 Å². The van der Waals surface area contributed by atoms with Crippen LogP contribution in [0.5, 0.6) is 0 Å². The average molecular weight is 217 g/mol. The summed E-state index contributed by atoms with van der Waals surface area (Å²) < 4.78 is 4.88. The van der Waals surface area contributed by atoms with E-state index in [0.29, 0.717) is 13.0 Å². The lowest BCUT2D eigenvalue weighted by molar-refractivity contribution is -0.142. The number of ether oxygens (including phenoxy) is 1. The molecule has 0 rings (SSSR count). The summed E-state index contributed by atoms with van der Waals surface area (Å²) in [5.74, 6) is -1.37. The minimum Gasteiger partial charge on any atom is -0.480 e. The molecule has 88 valence electrons. The molecular weight excluding hydrogens is 198 g/mol. The maximum Gasteiger partial charge on any atom is 0.326 e. The molecule has 0 saturated heterocycles. The molecule has 1 amide bonds. The molecule has 0 radical (unpaired) electrons. The monoisotopic (exact) mass is 217 g/mol. The zero-order valence-corrected chi connectivity index (χ0v) is 9.28. The minimum atomic E-state index is -0.992. The highest BCUT2D eigenvalue weighted by Gasteiger charge is 2.18. The third-order valence-corrected chi connectivity index (χ3v) is 1.92. The van der Waals surface area contributed by atoms with Crippen LogP contribution < -0.4 is 5.32 Å². The van der Waals surface area contributed by atoms with Gasteiger partial charge in [-0.15, -0.1) is 0 Å². The smallest absolute Gasteiger partial charge is 0.326 e. The van der Waals surface area contributed by atoms with E-state index in [1.807, 2.05) is 6.92 Å². The van der Waals surface area contributed by atoms with Crippen molar-refractivity contribution < 1.29 is 19.4 Å². The largest absolute Gasteiger partial charge is 0.480 e. The summed E-state index contributed by atoms with van der Waals surface area (Å²) in [6, 6.07) is -0.794. The fourth-order valence-electron chi connectivity index (χ4n) is 1.10. The predicted molar refractivity (Wildman–Crippen MR) is 55.6 cm³/mol. The van der Waals surface area contributed by atoms with Crippen molar-refractivity contribution in [3.63, 3.8) is 0 Å². The van der Waals surface area contributed by atoms with Gasteiger partial charge in [0, 0.05) is 6.61 Å². The van der Waals surface area contributed by atoms with Crippen molar-refractivity contribution in [3.05, 3.63) is 0 Å². The number of carboxylic acid groups (broad SMARTS) is 1. The fraction of sp³-hybridized carbons (Fsp3) is 0.800. The van der Waals surface area contributed by atoms with Crippen LogP contribution in [0.2, 0.25) is 0 Å². The van der Waals surface area contributed by atoms with Crippen LogP contribution in [0, 0.1) is 0 Å². The number of amides is 1. The van der Waals surface area contributed by atoms with Gasteiger partial charge < -0.3 is 15.2 Å². The van der Waals surface area contributed by atoms with Crippen molar-refractivity contribution in [2.24, 2.45) is 0 Å². The first kappa shape index (κ1) is 13.9. The predicted octanol–water partition coefficient (Wildman–Crippen LogP) is 0.782. The minimum absolute atomic E-state index is 0.0770. The van der Waals surface area contributed by atoms with Gasteiger partial charge in [-0.1, -0.05) is 19.8 Å². The second-order valence-corrected chi connectivity index (χ2v) is 3.24. The Labute approximate surface area is 89.8 Å². The lowest BCUT2D eigenvalue weighted by Crippen LogP contribution is -2.42. The van der Waals surface area contributed by atoms with Crippen molar-refractivity contribution in [2.75, 3.05) is 13.2 Å². The molecule has 0 saturated carbocycles. The summed E-state index contributed by atoms with van der Waals surface area (Å²) in [4.78, 5) is 21.9. The zero-order valence-electron chi connectivity index (χ0n) is 9.28. The molecule has 0 aliphatic carbocycles. The number of unbranched alkanes of at least 4 members (excludes halogenated alkanes) is 1. The van der Waals surface area contributed by atoms with Crippen molar-refractivity contribution in [1.82, 2.24) is 5.32 Å². The van der Waals surface area contributed by atoms with E-state index in [2.05, 4.69) is 5.32 Å². The average Bonchev–Trinajstić information content (AvgIpc) is 2.20.